The molecule has 0 unspecified atom stereocenters. The molecule has 0 spiro atoms. The smallest absolute Gasteiger partial charge is 0.308 e. The average Bonchev–Trinajstić information content (AvgIpc) is 2.83. The molecule has 1 saturated heterocycles. The lowest BCUT2D eigenvalue weighted by molar-refractivity contribution is -0.145. The molecular formula is C25H25ClFN3O4. The van der Waals surface area contributed by atoms with Gasteiger partial charge in [0.1, 0.15) is 11.9 Å². The molecule has 2 heterocycles. The van der Waals surface area contributed by atoms with E-state index >= 15 is 0 Å². The number of nitrogens with one attached hydrogen (secondary N) is 1. The number of aliphatic carboxylic acids is 1. The first-order chi connectivity index (χ1) is 16.2. The highest BCUT2D eigenvalue weighted by Crippen LogP contribution is 2.34. The fraction of sp³-hybridized carbons (Fsp3) is 0.320. The van der Waals surface area contributed by atoms with Gasteiger partial charge in [0.15, 0.2) is 0 Å². The van der Waals surface area contributed by atoms with Crippen molar-refractivity contribution in [2.24, 2.45) is 5.92 Å². The van der Waals surface area contributed by atoms with E-state index in [1.54, 1.807) is 48.2 Å². The number of benzene rings is 2. The first-order valence-electron chi connectivity index (χ1n) is 11.0. The largest absolute Gasteiger partial charge is 0.481 e. The van der Waals surface area contributed by atoms with Crippen LogP contribution in [0.25, 0.3) is 21.9 Å². The maximum Gasteiger partial charge on any atom is 0.308 e. The van der Waals surface area contributed by atoms with Gasteiger partial charge in [-0.2, -0.15) is 0 Å². The van der Waals surface area contributed by atoms with Crippen LogP contribution in [0.5, 0.6) is 0 Å². The minimum atomic E-state index is -0.885. The second kappa shape index (κ2) is 9.46. The minimum Gasteiger partial charge on any atom is -0.481 e. The number of aromatic nitrogens is 1. The van der Waals surface area contributed by atoms with Crippen molar-refractivity contribution in [1.29, 1.82) is 0 Å². The summed E-state index contributed by atoms with van der Waals surface area (Å²) >= 11 is 6.25. The molecule has 1 aliphatic rings. The lowest BCUT2D eigenvalue weighted by Gasteiger charge is -2.35. The van der Waals surface area contributed by atoms with Crippen LogP contribution in [0.3, 0.4) is 0 Å². The molecule has 1 amide bonds. The van der Waals surface area contributed by atoms with E-state index in [1.165, 1.54) is 12.1 Å². The van der Waals surface area contributed by atoms with Gasteiger partial charge < -0.3 is 19.9 Å². The van der Waals surface area contributed by atoms with Gasteiger partial charge in [-0.05, 0) is 55.5 Å². The molecule has 1 aliphatic heterocycles. The van der Waals surface area contributed by atoms with Gasteiger partial charge in [-0.3, -0.25) is 14.4 Å². The van der Waals surface area contributed by atoms with Crippen molar-refractivity contribution in [3.63, 3.8) is 0 Å². The van der Waals surface area contributed by atoms with E-state index in [9.17, 15) is 23.9 Å². The van der Waals surface area contributed by atoms with E-state index in [2.05, 4.69) is 4.98 Å². The molecule has 1 aromatic heterocycles. The lowest BCUT2D eigenvalue weighted by atomic mass is 9.97. The molecule has 0 saturated carbocycles. The number of hydrogen-bond acceptors (Lipinski definition) is 4. The Morgan fingerprint density at radius 2 is 1.97 bits per heavy atom. The van der Waals surface area contributed by atoms with Gasteiger partial charge in [0.25, 0.3) is 5.56 Å². The summed E-state index contributed by atoms with van der Waals surface area (Å²) in [6.45, 7) is 2.49. The van der Waals surface area contributed by atoms with Crippen molar-refractivity contribution >= 4 is 39.9 Å². The molecule has 1 fully saturated rings. The van der Waals surface area contributed by atoms with Crippen LogP contribution in [0.1, 0.15) is 19.8 Å². The van der Waals surface area contributed by atoms with Crippen molar-refractivity contribution < 1.29 is 19.1 Å². The number of carbonyl (C=O) groups excluding carboxylic acids is 1. The van der Waals surface area contributed by atoms with Crippen molar-refractivity contribution in [1.82, 2.24) is 9.88 Å². The van der Waals surface area contributed by atoms with Gasteiger partial charge >= 0.3 is 5.97 Å². The molecule has 7 nitrogen and oxygen atoms in total. The van der Waals surface area contributed by atoms with E-state index in [4.69, 9.17) is 11.6 Å². The van der Waals surface area contributed by atoms with Crippen LogP contribution in [0, 0.1) is 11.7 Å². The molecule has 0 aliphatic carbocycles. The molecule has 178 valence electrons. The van der Waals surface area contributed by atoms with Gasteiger partial charge in [-0.15, -0.1) is 0 Å². The van der Waals surface area contributed by atoms with Crippen molar-refractivity contribution in [2.75, 3.05) is 25.0 Å². The van der Waals surface area contributed by atoms with E-state index in [0.29, 0.717) is 47.0 Å². The molecule has 3 aromatic rings. The zero-order valence-electron chi connectivity index (χ0n) is 18.8. The standard InChI is InChI=1S/C25H25ClFN3O4/c1-14(24(32)30-9-3-4-15(13-30)25(33)34)29(2)17-6-8-18-20(11-17)23(31)28-12-21(18)19-7-5-16(27)10-22(19)26/h5-8,10-12,14-15H,3-4,9,13H2,1-2H3,(H,28,31)(H,33,34)/t14-,15-/m0/s1. The lowest BCUT2D eigenvalue weighted by Crippen LogP contribution is -2.50. The van der Waals surface area contributed by atoms with E-state index in [0.717, 1.165) is 0 Å². The summed E-state index contributed by atoms with van der Waals surface area (Å²) < 4.78 is 13.5. The molecule has 4 rings (SSSR count). The molecule has 0 bridgehead atoms. The molecule has 9 heteroatoms. The molecule has 0 radical (unpaired) electrons. The summed E-state index contributed by atoms with van der Waals surface area (Å²) in [6, 6.07) is 8.83. The Morgan fingerprint density at radius 1 is 1.21 bits per heavy atom. The Labute approximate surface area is 200 Å². The Hall–Kier alpha value is -3.39. The van der Waals surface area contributed by atoms with Crippen LogP contribution in [0.2, 0.25) is 5.02 Å². The second-order valence-electron chi connectivity index (χ2n) is 8.63. The molecule has 2 atom stereocenters. The number of carbonyl (C=O) groups is 2. The zero-order valence-corrected chi connectivity index (χ0v) is 19.6. The number of nitrogens with zero attached hydrogens (tertiary/aromatic N) is 2. The fourth-order valence-corrected chi connectivity index (χ4v) is 4.70. The number of aromatic amines is 1. The Morgan fingerprint density at radius 3 is 2.68 bits per heavy atom. The number of fused-ring (bicyclic) bond motifs is 1. The highest BCUT2D eigenvalue weighted by Gasteiger charge is 2.31. The van der Waals surface area contributed by atoms with Gasteiger partial charge in [0.05, 0.1) is 10.9 Å². The number of carboxylic acids is 1. The SMILES string of the molecule is C[C@@H](C(=O)N1CCC[C@H](C(=O)O)C1)N(C)c1ccc2c(-c3ccc(F)cc3Cl)c[nH]c(=O)c2c1. The maximum atomic E-state index is 13.5. The normalized spacial score (nSPS) is 16.9. The van der Waals surface area contributed by atoms with Gasteiger partial charge in [-0.25, -0.2) is 4.39 Å². The predicted molar refractivity (Wildman–Crippen MR) is 130 cm³/mol. The van der Waals surface area contributed by atoms with Crippen LogP contribution in [0.4, 0.5) is 10.1 Å². The predicted octanol–water partition coefficient (Wildman–Crippen LogP) is 4.14. The van der Waals surface area contributed by atoms with E-state index < -0.39 is 23.7 Å². The number of rotatable bonds is 5. The third-order valence-electron chi connectivity index (χ3n) is 6.53. The van der Waals surface area contributed by atoms with Crippen LogP contribution < -0.4 is 10.5 Å². The third-order valence-corrected chi connectivity index (χ3v) is 6.85. The Kier molecular flexibility index (Phi) is 6.61. The number of likely N-dealkylation sites (N-methyl/N-ethyl adjacent to an activating group) is 1. The summed E-state index contributed by atoms with van der Waals surface area (Å²) in [4.78, 5) is 43.2. The maximum absolute atomic E-state index is 13.5. The van der Waals surface area contributed by atoms with Gasteiger partial charge in [0, 0.05) is 48.5 Å². The highest BCUT2D eigenvalue weighted by atomic mass is 35.5. The molecule has 34 heavy (non-hydrogen) atoms. The summed E-state index contributed by atoms with van der Waals surface area (Å²) in [5, 5.41) is 10.6. The van der Waals surface area contributed by atoms with Crippen LogP contribution in [-0.2, 0) is 9.59 Å². The quantitative estimate of drug-likeness (QED) is 0.566. The summed E-state index contributed by atoms with van der Waals surface area (Å²) in [7, 11) is 1.76. The summed E-state index contributed by atoms with van der Waals surface area (Å²) in [6.07, 6.45) is 2.77. The monoisotopic (exact) mass is 485 g/mol. The van der Waals surface area contributed by atoms with E-state index in [-0.39, 0.29) is 23.0 Å². The number of carboxylic acid groups (broad SMARTS) is 1. The number of pyridine rings is 1. The number of amides is 1. The van der Waals surface area contributed by atoms with E-state index in [1.807, 2.05) is 6.07 Å². The third kappa shape index (κ3) is 4.50. The van der Waals surface area contributed by atoms with Crippen LogP contribution >= 0.6 is 11.6 Å². The van der Waals surface area contributed by atoms with Crippen LogP contribution in [0.15, 0.2) is 47.4 Å². The first-order valence-corrected chi connectivity index (χ1v) is 11.4. The Bertz CT molecular complexity index is 1330. The number of halogens is 2. The average molecular weight is 486 g/mol. The number of likely N-dealkylation sites (tertiary alicyclic amines) is 1. The first kappa shape index (κ1) is 23.8. The Balaban J connectivity index is 1.64. The van der Waals surface area contributed by atoms with Crippen molar-refractivity contribution in [2.45, 2.75) is 25.8 Å². The van der Waals surface area contributed by atoms with Crippen molar-refractivity contribution in [3.05, 3.63) is 63.8 Å². The molecule has 2 aromatic carbocycles. The minimum absolute atomic E-state index is 0.158. The summed E-state index contributed by atoms with van der Waals surface area (Å²) in [5.74, 6) is -2.04. The fourth-order valence-electron chi connectivity index (χ4n) is 4.43. The zero-order chi connectivity index (χ0) is 24.6. The van der Waals surface area contributed by atoms with Crippen LogP contribution in [-0.4, -0.2) is 53.0 Å². The number of hydrogen-bond donors (Lipinski definition) is 2. The van der Waals surface area contributed by atoms with Gasteiger partial charge in [-0.1, -0.05) is 17.7 Å². The number of H-pyrrole nitrogens is 1. The molecular weight excluding hydrogens is 461 g/mol. The summed E-state index contributed by atoms with van der Waals surface area (Å²) in [5.41, 5.74) is 1.61. The second-order valence-corrected chi connectivity index (χ2v) is 9.04. The highest BCUT2D eigenvalue weighted by molar-refractivity contribution is 6.33. The van der Waals surface area contributed by atoms with Crippen molar-refractivity contribution in [3.8, 4) is 11.1 Å². The molecule has 2 N–H and O–H groups in total. The van der Waals surface area contributed by atoms with Gasteiger partial charge in [0.2, 0.25) is 5.91 Å². The number of piperidine rings is 1. The topological polar surface area (TPSA) is 93.7 Å². The number of anilines is 1.